The topological polar surface area (TPSA) is 56.1 Å². The van der Waals surface area contributed by atoms with Crippen LogP contribution in [0, 0.1) is 0 Å². The average Bonchev–Trinajstić information content (AvgIpc) is 2.20. The van der Waals surface area contributed by atoms with Gasteiger partial charge in [-0.25, -0.2) is 0 Å². The zero-order valence-electron chi connectivity index (χ0n) is 8.09. The Balaban J connectivity index is 2.82. The second kappa shape index (κ2) is 4.62. The number of hydrogen-bond acceptors (Lipinski definition) is 4. The quantitative estimate of drug-likeness (QED) is 0.432. The standard InChI is InChI=1S/C10H14N2O2/c1-3-12(11-2)10(14)8-4-6-9(13)7-5-8/h4-7,10,13-14H,2-3H2,1H3. The molecule has 76 valence electrons. The molecule has 1 aromatic rings. The lowest BCUT2D eigenvalue weighted by Crippen LogP contribution is -2.22. The maximum Gasteiger partial charge on any atom is 0.168 e. The van der Waals surface area contributed by atoms with Gasteiger partial charge in [-0.2, -0.15) is 5.10 Å². The highest BCUT2D eigenvalue weighted by Gasteiger charge is 2.12. The van der Waals surface area contributed by atoms with Crippen LogP contribution in [0.3, 0.4) is 0 Å². The Kier molecular flexibility index (Phi) is 3.48. The second-order valence-corrected chi connectivity index (χ2v) is 2.86. The number of aliphatic hydroxyl groups excluding tert-OH is 1. The van der Waals surface area contributed by atoms with E-state index in [2.05, 4.69) is 11.8 Å². The van der Waals surface area contributed by atoms with Gasteiger partial charge >= 0.3 is 0 Å². The molecule has 0 fully saturated rings. The fourth-order valence-electron chi connectivity index (χ4n) is 1.17. The van der Waals surface area contributed by atoms with Gasteiger partial charge in [0.1, 0.15) is 5.75 Å². The van der Waals surface area contributed by atoms with E-state index in [1.807, 2.05) is 6.92 Å². The van der Waals surface area contributed by atoms with Crippen LogP contribution in [0.25, 0.3) is 0 Å². The van der Waals surface area contributed by atoms with Gasteiger partial charge < -0.3 is 10.2 Å². The summed E-state index contributed by atoms with van der Waals surface area (Å²) in [5, 5.41) is 24.0. The lowest BCUT2D eigenvalue weighted by Gasteiger charge is -2.23. The van der Waals surface area contributed by atoms with Gasteiger partial charge in [-0.1, -0.05) is 12.1 Å². The van der Waals surface area contributed by atoms with E-state index < -0.39 is 6.23 Å². The van der Waals surface area contributed by atoms with Crippen molar-refractivity contribution < 1.29 is 10.2 Å². The first kappa shape index (κ1) is 10.5. The van der Waals surface area contributed by atoms with Gasteiger partial charge in [0.05, 0.1) is 0 Å². The second-order valence-electron chi connectivity index (χ2n) is 2.86. The first-order valence-electron chi connectivity index (χ1n) is 4.39. The molecule has 0 radical (unpaired) electrons. The van der Waals surface area contributed by atoms with E-state index in [4.69, 9.17) is 5.11 Å². The third-order valence-electron chi connectivity index (χ3n) is 1.98. The summed E-state index contributed by atoms with van der Waals surface area (Å²) in [6, 6.07) is 6.34. The molecule has 1 atom stereocenters. The minimum absolute atomic E-state index is 0.176. The molecule has 0 aromatic heterocycles. The van der Waals surface area contributed by atoms with Crippen molar-refractivity contribution in [2.24, 2.45) is 5.10 Å². The van der Waals surface area contributed by atoms with E-state index in [-0.39, 0.29) is 5.75 Å². The molecule has 0 aliphatic carbocycles. The van der Waals surface area contributed by atoms with E-state index in [9.17, 15) is 5.11 Å². The molecule has 0 saturated carbocycles. The number of phenolic OH excluding ortho intramolecular Hbond substituents is 1. The van der Waals surface area contributed by atoms with Crippen LogP contribution >= 0.6 is 0 Å². The Labute approximate surface area is 83.1 Å². The summed E-state index contributed by atoms with van der Waals surface area (Å²) in [5.74, 6) is 0.176. The molecule has 0 heterocycles. The summed E-state index contributed by atoms with van der Waals surface area (Å²) in [6.07, 6.45) is -0.807. The summed E-state index contributed by atoms with van der Waals surface area (Å²) >= 11 is 0. The average molecular weight is 194 g/mol. The molecule has 0 bridgehead atoms. The highest BCUT2D eigenvalue weighted by molar-refractivity contribution is 5.27. The molecule has 4 nitrogen and oxygen atoms in total. The van der Waals surface area contributed by atoms with Crippen molar-refractivity contribution in [1.82, 2.24) is 5.01 Å². The van der Waals surface area contributed by atoms with Crippen LogP contribution in [0.1, 0.15) is 18.7 Å². The van der Waals surface area contributed by atoms with Crippen LogP contribution < -0.4 is 0 Å². The smallest absolute Gasteiger partial charge is 0.168 e. The fourth-order valence-corrected chi connectivity index (χ4v) is 1.17. The minimum Gasteiger partial charge on any atom is -0.508 e. The molecule has 0 spiro atoms. The largest absolute Gasteiger partial charge is 0.508 e. The summed E-state index contributed by atoms with van der Waals surface area (Å²) in [6.45, 7) is 5.81. The number of aliphatic hydroxyl groups is 1. The summed E-state index contributed by atoms with van der Waals surface area (Å²) in [7, 11) is 0. The van der Waals surface area contributed by atoms with Crippen molar-refractivity contribution >= 4 is 6.72 Å². The maximum atomic E-state index is 9.78. The maximum absolute atomic E-state index is 9.78. The zero-order chi connectivity index (χ0) is 10.6. The Morgan fingerprint density at radius 3 is 2.43 bits per heavy atom. The fraction of sp³-hybridized carbons (Fsp3) is 0.300. The number of benzene rings is 1. The van der Waals surface area contributed by atoms with Crippen LogP contribution in [-0.2, 0) is 0 Å². The van der Waals surface area contributed by atoms with E-state index in [0.29, 0.717) is 12.1 Å². The molecular weight excluding hydrogens is 180 g/mol. The Bertz CT molecular complexity index is 297. The predicted octanol–water partition coefficient (Wildman–Crippen LogP) is 1.32. The van der Waals surface area contributed by atoms with Crippen molar-refractivity contribution in [3.8, 4) is 5.75 Å². The molecule has 0 aliphatic rings. The van der Waals surface area contributed by atoms with Gasteiger partial charge in [0.15, 0.2) is 6.23 Å². The molecular formula is C10H14N2O2. The van der Waals surface area contributed by atoms with Crippen molar-refractivity contribution in [1.29, 1.82) is 0 Å². The van der Waals surface area contributed by atoms with Gasteiger partial charge in [0.2, 0.25) is 0 Å². The van der Waals surface area contributed by atoms with Crippen molar-refractivity contribution in [3.63, 3.8) is 0 Å². The number of hydrogen-bond donors (Lipinski definition) is 2. The van der Waals surface area contributed by atoms with Gasteiger partial charge in [0, 0.05) is 18.8 Å². The lowest BCUT2D eigenvalue weighted by atomic mass is 10.2. The van der Waals surface area contributed by atoms with Gasteiger partial charge in [-0.3, -0.25) is 5.01 Å². The number of hydrazone groups is 1. The van der Waals surface area contributed by atoms with Crippen LogP contribution in [-0.4, -0.2) is 28.5 Å². The van der Waals surface area contributed by atoms with Gasteiger partial charge in [-0.05, 0) is 19.1 Å². The van der Waals surface area contributed by atoms with E-state index >= 15 is 0 Å². The molecule has 14 heavy (non-hydrogen) atoms. The molecule has 4 heteroatoms. The van der Waals surface area contributed by atoms with E-state index in [1.165, 1.54) is 17.1 Å². The third kappa shape index (κ3) is 2.23. The summed E-state index contributed by atoms with van der Waals surface area (Å²) in [4.78, 5) is 0. The SMILES string of the molecule is C=NN(CC)C(O)c1ccc(O)cc1. The van der Waals surface area contributed by atoms with Gasteiger partial charge in [-0.15, -0.1) is 0 Å². The summed E-state index contributed by atoms with van der Waals surface area (Å²) in [5.41, 5.74) is 0.678. The number of aromatic hydroxyl groups is 1. The third-order valence-corrected chi connectivity index (χ3v) is 1.98. The highest BCUT2D eigenvalue weighted by atomic mass is 16.3. The Morgan fingerprint density at radius 1 is 1.43 bits per heavy atom. The summed E-state index contributed by atoms with van der Waals surface area (Å²) < 4.78 is 0. The Hall–Kier alpha value is -1.55. The minimum atomic E-state index is -0.807. The van der Waals surface area contributed by atoms with Crippen molar-refractivity contribution in [3.05, 3.63) is 29.8 Å². The monoisotopic (exact) mass is 194 g/mol. The number of rotatable bonds is 4. The van der Waals surface area contributed by atoms with E-state index in [1.54, 1.807) is 12.1 Å². The van der Waals surface area contributed by atoms with E-state index in [0.717, 1.165) is 0 Å². The number of phenols is 1. The van der Waals surface area contributed by atoms with Gasteiger partial charge in [0.25, 0.3) is 0 Å². The van der Waals surface area contributed by atoms with Crippen LogP contribution in [0.4, 0.5) is 0 Å². The normalized spacial score (nSPS) is 12.1. The molecule has 0 aliphatic heterocycles. The zero-order valence-corrected chi connectivity index (χ0v) is 8.09. The van der Waals surface area contributed by atoms with Crippen LogP contribution in [0.15, 0.2) is 29.4 Å². The molecule has 0 saturated heterocycles. The van der Waals surface area contributed by atoms with Crippen LogP contribution in [0.5, 0.6) is 5.75 Å². The molecule has 0 amide bonds. The highest BCUT2D eigenvalue weighted by Crippen LogP contribution is 2.19. The van der Waals surface area contributed by atoms with Crippen molar-refractivity contribution in [2.45, 2.75) is 13.2 Å². The molecule has 1 unspecified atom stereocenters. The first-order chi connectivity index (χ1) is 6.69. The van der Waals surface area contributed by atoms with Crippen LogP contribution in [0.2, 0.25) is 0 Å². The molecule has 1 aromatic carbocycles. The lowest BCUT2D eigenvalue weighted by molar-refractivity contribution is 0.00780. The van der Waals surface area contributed by atoms with Crippen molar-refractivity contribution in [2.75, 3.05) is 6.54 Å². The first-order valence-corrected chi connectivity index (χ1v) is 4.39. The number of nitrogens with zero attached hydrogens (tertiary/aromatic N) is 2. The Morgan fingerprint density at radius 2 is 2.00 bits per heavy atom. The molecule has 1 rings (SSSR count). The molecule has 2 N–H and O–H groups in total. The predicted molar refractivity (Wildman–Crippen MR) is 55.0 cm³/mol.